The molecular formula is C17H20N4O2. The van der Waals surface area contributed by atoms with Crippen LogP contribution in [0.5, 0.6) is 0 Å². The summed E-state index contributed by atoms with van der Waals surface area (Å²) in [5, 5.41) is 6.88. The van der Waals surface area contributed by atoms with E-state index in [0.717, 1.165) is 19.3 Å². The van der Waals surface area contributed by atoms with Crippen LogP contribution in [0.25, 0.3) is 5.69 Å². The first-order chi connectivity index (χ1) is 11.2. The molecule has 0 atom stereocenters. The summed E-state index contributed by atoms with van der Waals surface area (Å²) >= 11 is 0. The largest absolute Gasteiger partial charge is 0.349 e. The minimum atomic E-state index is -0.420. The summed E-state index contributed by atoms with van der Waals surface area (Å²) in [6.07, 6.45) is 7.87. The predicted octanol–water partition coefficient (Wildman–Crippen LogP) is 2.18. The van der Waals surface area contributed by atoms with Crippen LogP contribution in [-0.4, -0.2) is 27.2 Å². The highest BCUT2D eigenvalue weighted by atomic mass is 16.2. The monoisotopic (exact) mass is 312 g/mol. The number of H-pyrrole nitrogens is 1. The summed E-state index contributed by atoms with van der Waals surface area (Å²) in [6, 6.07) is 9.01. The number of para-hydroxylation sites is 1. The van der Waals surface area contributed by atoms with Crippen molar-refractivity contribution in [3.63, 3.8) is 0 Å². The Bertz CT molecular complexity index is 758. The van der Waals surface area contributed by atoms with Crippen molar-refractivity contribution >= 4 is 5.91 Å². The molecule has 0 aliphatic heterocycles. The number of aromatic amines is 1. The molecule has 3 rings (SSSR count). The van der Waals surface area contributed by atoms with Crippen LogP contribution in [-0.2, 0) is 0 Å². The molecule has 6 nitrogen and oxygen atoms in total. The summed E-state index contributed by atoms with van der Waals surface area (Å²) in [5.41, 5.74) is 1.61. The van der Waals surface area contributed by atoms with Crippen molar-refractivity contribution in [2.45, 2.75) is 32.1 Å². The molecule has 2 aromatic rings. The number of allylic oxidation sites excluding steroid dienone is 1. The van der Waals surface area contributed by atoms with E-state index in [1.54, 1.807) is 12.1 Å². The number of nitrogens with one attached hydrogen (secondary N) is 2. The molecule has 0 unspecified atom stereocenters. The van der Waals surface area contributed by atoms with E-state index in [4.69, 9.17) is 0 Å². The Hall–Kier alpha value is -2.63. The quantitative estimate of drug-likeness (QED) is 0.831. The second-order valence-electron chi connectivity index (χ2n) is 5.64. The van der Waals surface area contributed by atoms with Gasteiger partial charge in [-0.05, 0) is 44.2 Å². The molecule has 6 heteroatoms. The molecule has 0 saturated heterocycles. The Morgan fingerprint density at radius 1 is 1.26 bits per heavy atom. The van der Waals surface area contributed by atoms with Gasteiger partial charge in [-0.1, -0.05) is 29.8 Å². The van der Waals surface area contributed by atoms with E-state index in [9.17, 15) is 9.59 Å². The van der Waals surface area contributed by atoms with E-state index in [2.05, 4.69) is 21.5 Å². The molecule has 1 aromatic heterocycles. The Morgan fingerprint density at radius 2 is 2.09 bits per heavy atom. The SMILES string of the molecule is O=C(NCCC1=CCCCC1)c1nn(-c2ccccc2)c(=O)[nH]1. The van der Waals surface area contributed by atoms with Crippen LogP contribution < -0.4 is 11.0 Å². The van der Waals surface area contributed by atoms with E-state index in [-0.39, 0.29) is 11.7 Å². The fourth-order valence-corrected chi connectivity index (χ4v) is 2.72. The van der Waals surface area contributed by atoms with Gasteiger partial charge in [-0.2, -0.15) is 4.68 Å². The van der Waals surface area contributed by atoms with Crippen LogP contribution in [0.15, 0.2) is 46.8 Å². The molecule has 0 spiro atoms. The highest BCUT2D eigenvalue weighted by Crippen LogP contribution is 2.19. The normalized spacial score (nSPS) is 14.3. The van der Waals surface area contributed by atoms with Crippen LogP contribution in [0.2, 0.25) is 0 Å². The van der Waals surface area contributed by atoms with Gasteiger partial charge in [0.25, 0.3) is 5.91 Å². The Kier molecular flexibility index (Phi) is 4.71. The smallest absolute Gasteiger partial charge is 0.348 e. The zero-order chi connectivity index (χ0) is 16.1. The van der Waals surface area contributed by atoms with Crippen molar-refractivity contribution in [2.24, 2.45) is 0 Å². The molecule has 0 radical (unpaired) electrons. The van der Waals surface area contributed by atoms with Crippen LogP contribution >= 0.6 is 0 Å². The number of hydrogen-bond acceptors (Lipinski definition) is 3. The van der Waals surface area contributed by atoms with Gasteiger partial charge in [-0.15, -0.1) is 5.10 Å². The molecule has 1 aromatic carbocycles. The van der Waals surface area contributed by atoms with Gasteiger partial charge in [0.1, 0.15) is 0 Å². The Morgan fingerprint density at radius 3 is 2.83 bits per heavy atom. The van der Waals surface area contributed by atoms with Crippen LogP contribution in [0.1, 0.15) is 42.7 Å². The average molecular weight is 312 g/mol. The van der Waals surface area contributed by atoms with Gasteiger partial charge in [-0.25, -0.2) is 4.79 Å². The molecule has 1 heterocycles. The number of amides is 1. The van der Waals surface area contributed by atoms with Crippen LogP contribution in [0, 0.1) is 0 Å². The highest BCUT2D eigenvalue weighted by Gasteiger charge is 2.14. The number of hydrogen-bond donors (Lipinski definition) is 2. The van der Waals surface area contributed by atoms with Gasteiger partial charge in [0.05, 0.1) is 5.69 Å². The van der Waals surface area contributed by atoms with Crippen molar-refractivity contribution in [1.29, 1.82) is 0 Å². The number of nitrogens with zero attached hydrogens (tertiary/aromatic N) is 2. The van der Waals surface area contributed by atoms with Crippen molar-refractivity contribution in [3.05, 3.63) is 58.3 Å². The van der Waals surface area contributed by atoms with Crippen molar-refractivity contribution in [3.8, 4) is 5.69 Å². The first-order valence-electron chi connectivity index (χ1n) is 7.95. The van der Waals surface area contributed by atoms with Crippen molar-refractivity contribution in [1.82, 2.24) is 20.1 Å². The second-order valence-corrected chi connectivity index (χ2v) is 5.64. The fraction of sp³-hybridized carbons (Fsp3) is 0.353. The predicted molar refractivity (Wildman–Crippen MR) is 87.7 cm³/mol. The lowest BCUT2D eigenvalue weighted by Crippen LogP contribution is -2.26. The average Bonchev–Trinajstić information content (AvgIpc) is 2.98. The number of rotatable bonds is 5. The van der Waals surface area contributed by atoms with Crippen molar-refractivity contribution < 1.29 is 4.79 Å². The summed E-state index contributed by atoms with van der Waals surface area (Å²) < 4.78 is 1.19. The highest BCUT2D eigenvalue weighted by molar-refractivity contribution is 5.90. The molecule has 0 fully saturated rings. The third kappa shape index (κ3) is 3.77. The molecule has 0 bridgehead atoms. The molecule has 120 valence electrons. The van der Waals surface area contributed by atoms with E-state index in [1.807, 2.05) is 18.2 Å². The van der Waals surface area contributed by atoms with E-state index >= 15 is 0 Å². The number of carbonyl (C=O) groups excluding carboxylic acids is 1. The number of aromatic nitrogens is 3. The summed E-state index contributed by atoms with van der Waals surface area (Å²) in [5.74, 6) is -0.315. The summed E-state index contributed by atoms with van der Waals surface area (Å²) in [4.78, 5) is 26.5. The van der Waals surface area contributed by atoms with Gasteiger partial charge >= 0.3 is 5.69 Å². The molecule has 1 amide bonds. The van der Waals surface area contributed by atoms with Gasteiger partial charge < -0.3 is 5.32 Å². The molecule has 2 N–H and O–H groups in total. The lowest BCUT2D eigenvalue weighted by Gasteiger charge is -2.12. The lowest BCUT2D eigenvalue weighted by molar-refractivity contribution is 0.0943. The second kappa shape index (κ2) is 7.09. The Labute approximate surface area is 134 Å². The zero-order valence-corrected chi connectivity index (χ0v) is 12.9. The van der Waals surface area contributed by atoms with Gasteiger partial charge in [0.2, 0.25) is 5.82 Å². The molecule has 0 saturated carbocycles. The van der Waals surface area contributed by atoms with E-state index < -0.39 is 5.69 Å². The lowest BCUT2D eigenvalue weighted by atomic mass is 9.97. The molecule has 1 aliphatic rings. The summed E-state index contributed by atoms with van der Waals surface area (Å²) in [7, 11) is 0. The van der Waals surface area contributed by atoms with Gasteiger partial charge in [0, 0.05) is 6.54 Å². The van der Waals surface area contributed by atoms with E-state index in [0.29, 0.717) is 12.2 Å². The van der Waals surface area contributed by atoms with Gasteiger partial charge in [-0.3, -0.25) is 9.78 Å². The number of carbonyl (C=O) groups is 1. The van der Waals surface area contributed by atoms with Crippen LogP contribution in [0.3, 0.4) is 0 Å². The summed E-state index contributed by atoms with van der Waals surface area (Å²) in [6.45, 7) is 0.560. The van der Waals surface area contributed by atoms with Crippen molar-refractivity contribution in [2.75, 3.05) is 6.54 Å². The zero-order valence-electron chi connectivity index (χ0n) is 12.9. The number of benzene rings is 1. The van der Waals surface area contributed by atoms with Gasteiger partial charge in [0.15, 0.2) is 0 Å². The minimum Gasteiger partial charge on any atom is -0.349 e. The Balaban J connectivity index is 1.62. The van der Waals surface area contributed by atoms with E-state index in [1.165, 1.54) is 23.1 Å². The maximum Gasteiger partial charge on any atom is 0.348 e. The maximum atomic E-state index is 12.1. The first kappa shape index (κ1) is 15.3. The molecular weight excluding hydrogens is 292 g/mol. The first-order valence-corrected chi connectivity index (χ1v) is 7.95. The molecule has 23 heavy (non-hydrogen) atoms. The minimum absolute atomic E-state index is 0.0384. The van der Waals surface area contributed by atoms with Crippen LogP contribution in [0.4, 0.5) is 0 Å². The molecule has 1 aliphatic carbocycles. The fourth-order valence-electron chi connectivity index (χ4n) is 2.72. The third-order valence-electron chi connectivity index (χ3n) is 3.95. The standard InChI is InChI=1S/C17H20N4O2/c22-16(18-12-11-13-7-3-1-4-8-13)15-19-17(23)21(20-15)14-9-5-2-6-10-14/h2,5-7,9-10H,1,3-4,8,11-12H2,(H,18,22)(H,19,20,23). The third-order valence-corrected chi connectivity index (χ3v) is 3.95. The maximum absolute atomic E-state index is 12.1. The topological polar surface area (TPSA) is 79.8 Å².